The quantitative estimate of drug-likeness (QED) is 0.890. The van der Waals surface area contributed by atoms with Gasteiger partial charge in [0.1, 0.15) is 6.04 Å². The van der Waals surface area contributed by atoms with Crippen molar-refractivity contribution in [2.45, 2.75) is 6.04 Å². The number of nitrogens with zero attached hydrogens (tertiary/aromatic N) is 2. The molecule has 0 saturated carbocycles. The van der Waals surface area contributed by atoms with Gasteiger partial charge in [0.15, 0.2) is 0 Å². The van der Waals surface area contributed by atoms with Crippen molar-refractivity contribution in [1.29, 1.82) is 0 Å². The second-order valence-corrected chi connectivity index (χ2v) is 6.03. The number of hydrogen-bond donors (Lipinski definition) is 2. The molecule has 0 aromatic heterocycles. The van der Waals surface area contributed by atoms with E-state index in [1.165, 1.54) is 5.69 Å². The van der Waals surface area contributed by atoms with Crippen LogP contribution in [0.2, 0.25) is 0 Å². The molecule has 1 aliphatic rings. The summed E-state index contributed by atoms with van der Waals surface area (Å²) in [4.78, 5) is 28.1. The Morgan fingerprint density at radius 1 is 0.880 bits per heavy atom. The molecular weight excluding hydrogens is 316 g/mol. The fourth-order valence-electron chi connectivity index (χ4n) is 3.23. The third-order valence-electron chi connectivity index (χ3n) is 4.41. The monoisotopic (exact) mass is 338 g/mol. The minimum absolute atomic E-state index is 0.383. The van der Waals surface area contributed by atoms with Crippen LogP contribution in [0.15, 0.2) is 60.7 Å². The Morgan fingerprint density at radius 2 is 1.44 bits per heavy atom. The number of rotatable bonds is 4. The minimum atomic E-state index is -0.825. The van der Waals surface area contributed by atoms with Gasteiger partial charge in [0, 0.05) is 31.9 Å². The molecule has 0 spiro atoms. The molecule has 2 aromatic rings. The molecule has 0 radical (unpaired) electrons. The zero-order valence-corrected chi connectivity index (χ0v) is 14.0. The lowest BCUT2D eigenvalue weighted by Crippen LogP contribution is -2.52. The summed E-state index contributed by atoms with van der Waals surface area (Å²) in [5, 5.41) is 2.23. The van der Waals surface area contributed by atoms with E-state index in [1.54, 1.807) is 0 Å². The number of carbonyl (C=O) groups is 2. The molecule has 3 N–H and O–H groups in total. The van der Waals surface area contributed by atoms with Crippen molar-refractivity contribution in [3.05, 3.63) is 66.2 Å². The van der Waals surface area contributed by atoms with Gasteiger partial charge in [0.25, 0.3) is 0 Å². The second kappa shape index (κ2) is 7.81. The highest BCUT2D eigenvalue weighted by Gasteiger charge is 2.31. The number of amides is 3. The third kappa shape index (κ3) is 4.16. The molecule has 1 saturated heterocycles. The van der Waals surface area contributed by atoms with E-state index in [-0.39, 0.29) is 5.91 Å². The molecule has 25 heavy (non-hydrogen) atoms. The van der Waals surface area contributed by atoms with E-state index in [2.05, 4.69) is 27.2 Å². The fraction of sp³-hybridized carbons (Fsp3) is 0.263. The van der Waals surface area contributed by atoms with Crippen LogP contribution in [0.4, 0.5) is 10.5 Å². The van der Waals surface area contributed by atoms with Gasteiger partial charge in [-0.15, -0.1) is 0 Å². The number of urea groups is 1. The Bertz CT molecular complexity index is 713. The number of anilines is 1. The van der Waals surface area contributed by atoms with E-state index < -0.39 is 12.1 Å². The molecule has 0 bridgehead atoms. The molecule has 2 aromatic carbocycles. The van der Waals surface area contributed by atoms with Gasteiger partial charge in [-0.05, 0) is 17.7 Å². The SMILES string of the molecule is NC(=O)NC(=O)[C@H](c1ccccc1)N1CCN(c2ccccc2)CC1. The summed E-state index contributed by atoms with van der Waals surface area (Å²) >= 11 is 0. The van der Waals surface area contributed by atoms with Gasteiger partial charge < -0.3 is 10.6 Å². The molecule has 0 unspecified atom stereocenters. The Balaban J connectivity index is 1.74. The molecular formula is C19H22N4O2. The summed E-state index contributed by atoms with van der Waals surface area (Å²) in [6, 6.07) is 18.3. The molecule has 6 nitrogen and oxygen atoms in total. The summed E-state index contributed by atoms with van der Waals surface area (Å²) in [5.74, 6) is -0.383. The van der Waals surface area contributed by atoms with Crippen molar-refractivity contribution < 1.29 is 9.59 Å². The first-order chi connectivity index (χ1) is 12.1. The predicted octanol–water partition coefficient (Wildman–Crippen LogP) is 1.74. The molecule has 1 fully saturated rings. The van der Waals surface area contributed by atoms with Crippen LogP contribution in [0, 0.1) is 0 Å². The number of para-hydroxylation sites is 1. The summed E-state index contributed by atoms with van der Waals surface area (Å²) in [5.41, 5.74) is 7.18. The molecule has 6 heteroatoms. The van der Waals surface area contributed by atoms with Crippen molar-refractivity contribution in [3.8, 4) is 0 Å². The first kappa shape index (κ1) is 17.0. The summed E-state index contributed by atoms with van der Waals surface area (Å²) in [7, 11) is 0. The largest absolute Gasteiger partial charge is 0.369 e. The number of carbonyl (C=O) groups excluding carboxylic acids is 2. The maximum absolute atomic E-state index is 12.5. The normalized spacial score (nSPS) is 16.2. The standard InChI is InChI=1S/C19H22N4O2/c20-19(25)21-18(24)17(15-7-3-1-4-8-15)23-13-11-22(12-14-23)16-9-5-2-6-10-16/h1-10,17H,11-14H2,(H3,20,21,24,25)/t17-/m0/s1. The van der Waals surface area contributed by atoms with Gasteiger partial charge in [0.2, 0.25) is 5.91 Å². The van der Waals surface area contributed by atoms with Crippen LogP contribution in [0.5, 0.6) is 0 Å². The number of benzene rings is 2. The third-order valence-corrected chi connectivity index (χ3v) is 4.41. The number of primary amides is 1. The zero-order chi connectivity index (χ0) is 17.6. The van der Waals surface area contributed by atoms with Gasteiger partial charge in [-0.2, -0.15) is 0 Å². The van der Waals surface area contributed by atoms with Crippen molar-refractivity contribution in [2.75, 3.05) is 31.1 Å². The Hall–Kier alpha value is -2.86. The van der Waals surface area contributed by atoms with Crippen LogP contribution in [-0.2, 0) is 4.79 Å². The van der Waals surface area contributed by atoms with E-state index in [0.29, 0.717) is 0 Å². The molecule has 1 atom stereocenters. The van der Waals surface area contributed by atoms with Crippen molar-refractivity contribution in [1.82, 2.24) is 10.2 Å². The van der Waals surface area contributed by atoms with E-state index in [9.17, 15) is 9.59 Å². The number of nitrogens with one attached hydrogen (secondary N) is 1. The molecule has 3 amide bonds. The molecule has 130 valence electrons. The smallest absolute Gasteiger partial charge is 0.318 e. The highest BCUT2D eigenvalue weighted by Crippen LogP contribution is 2.24. The molecule has 1 heterocycles. The predicted molar refractivity (Wildman–Crippen MR) is 97.1 cm³/mol. The molecule has 0 aliphatic carbocycles. The van der Waals surface area contributed by atoms with E-state index >= 15 is 0 Å². The van der Waals surface area contributed by atoms with Crippen molar-refractivity contribution in [2.24, 2.45) is 5.73 Å². The van der Waals surface area contributed by atoms with Crippen molar-refractivity contribution >= 4 is 17.6 Å². The fourth-order valence-corrected chi connectivity index (χ4v) is 3.23. The first-order valence-corrected chi connectivity index (χ1v) is 8.34. The Labute approximate surface area is 147 Å². The number of nitrogens with two attached hydrogens (primary N) is 1. The van der Waals surface area contributed by atoms with Crippen molar-refractivity contribution in [3.63, 3.8) is 0 Å². The zero-order valence-electron chi connectivity index (χ0n) is 14.0. The van der Waals surface area contributed by atoms with Gasteiger partial charge in [-0.1, -0.05) is 48.5 Å². The maximum Gasteiger partial charge on any atom is 0.318 e. The van der Waals surface area contributed by atoms with Crippen LogP contribution in [0.3, 0.4) is 0 Å². The molecule has 1 aliphatic heterocycles. The number of hydrogen-bond acceptors (Lipinski definition) is 4. The lowest BCUT2D eigenvalue weighted by molar-refractivity contribution is -0.125. The van der Waals surface area contributed by atoms with Crippen LogP contribution < -0.4 is 16.0 Å². The molecule has 3 rings (SSSR count). The van der Waals surface area contributed by atoms with Crippen LogP contribution >= 0.6 is 0 Å². The lowest BCUT2D eigenvalue weighted by Gasteiger charge is -2.39. The minimum Gasteiger partial charge on any atom is -0.369 e. The van der Waals surface area contributed by atoms with Gasteiger partial charge in [-0.3, -0.25) is 15.0 Å². The van der Waals surface area contributed by atoms with Crippen LogP contribution in [0.25, 0.3) is 0 Å². The van der Waals surface area contributed by atoms with Gasteiger partial charge in [-0.25, -0.2) is 4.79 Å². The lowest BCUT2D eigenvalue weighted by atomic mass is 10.0. The average Bonchev–Trinajstić information content (AvgIpc) is 2.63. The number of piperazine rings is 1. The van der Waals surface area contributed by atoms with Crippen LogP contribution in [-0.4, -0.2) is 43.0 Å². The van der Waals surface area contributed by atoms with Gasteiger partial charge >= 0.3 is 6.03 Å². The highest BCUT2D eigenvalue weighted by molar-refractivity contribution is 5.96. The van der Waals surface area contributed by atoms with Crippen LogP contribution in [0.1, 0.15) is 11.6 Å². The Kier molecular flexibility index (Phi) is 5.30. The topological polar surface area (TPSA) is 78.7 Å². The maximum atomic E-state index is 12.5. The van der Waals surface area contributed by atoms with E-state index in [0.717, 1.165) is 31.7 Å². The highest BCUT2D eigenvalue weighted by atomic mass is 16.2. The average molecular weight is 338 g/mol. The summed E-state index contributed by atoms with van der Waals surface area (Å²) in [6.45, 7) is 3.08. The number of imide groups is 1. The summed E-state index contributed by atoms with van der Waals surface area (Å²) in [6.07, 6.45) is 0. The first-order valence-electron chi connectivity index (χ1n) is 8.34. The summed E-state index contributed by atoms with van der Waals surface area (Å²) < 4.78 is 0. The van der Waals surface area contributed by atoms with Gasteiger partial charge in [0.05, 0.1) is 0 Å². The van der Waals surface area contributed by atoms with E-state index in [1.807, 2.05) is 48.5 Å². The van der Waals surface area contributed by atoms with E-state index in [4.69, 9.17) is 5.73 Å². The Morgan fingerprint density at radius 3 is 2.00 bits per heavy atom. The second-order valence-electron chi connectivity index (χ2n) is 6.03.